The van der Waals surface area contributed by atoms with E-state index in [-0.39, 0.29) is 11.3 Å². The summed E-state index contributed by atoms with van der Waals surface area (Å²) in [5, 5.41) is 9.72. The van der Waals surface area contributed by atoms with Gasteiger partial charge in [-0.05, 0) is 56.6 Å². The van der Waals surface area contributed by atoms with E-state index in [9.17, 15) is 14.7 Å². The van der Waals surface area contributed by atoms with Crippen LogP contribution in [0.3, 0.4) is 0 Å². The maximum Gasteiger partial charge on any atom is 0.320 e. The van der Waals surface area contributed by atoms with Gasteiger partial charge in [0.05, 0.1) is 5.69 Å². The highest BCUT2D eigenvalue weighted by Gasteiger charge is 2.49. The van der Waals surface area contributed by atoms with Gasteiger partial charge in [-0.25, -0.2) is 0 Å². The lowest BCUT2D eigenvalue weighted by molar-refractivity contribution is -0.142. The van der Waals surface area contributed by atoms with Crippen LogP contribution in [-0.4, -0.2) is 57.4 Å². The molecule has 1 N–H and O–H groups in total. The van der Waals surface area contributed by atoms with E-state index in [1.54, 1.807) is 0 Å². The minimum Gasteiger partial charge on any atom is -0.480 e. The number of nitrogens with zero attached hydrogens (tertiary/aromatic N) is 3. The van der Waals surface area contributed by atoms with E-state index in [0.29, 0.717) is 18.9 Å². The summed E-state index contributed by atoms with van der Waals surface area (Å²) >= 11 is 0. The van der Waals surface area contributed by atoms with Crippen molar-refractivity contribution in [1.29, 1.82) is 0 Å². The predicted octanol–water partition coefficient (Wildman–Crippen LogP) is 2.07. The van der Waals surface area contributed by atoms with E-state index in [0.717, 1.165) is 56.7 Å². The van der Waals surface area contributed by atoms with Crippen molar-refractivity contribution >= 4 is 11.9 Å². The number of hydrogen-bond donors (Lipinski definition) is 1. The summed E-state index contributed by atoms with van der Waals surface area (Å²) in [6.45, 7) is 4.86. The normalized spacial score (nSPS) is 25.6. The number of likely N-dealkylation sites (tertiary alicyclic amines) is 2. The van der Waals surface area contributed by atoms with Gasteiger partial charge in [-0.2, -0.15) is 0 Å². The highest BCUT2D eigenvalue weighted by Crippen LogP contribution is 2.44. The third kappa shape index (κ3) is 3.47. The molecule has 1 aliphatic carbocycles. The van der Waals surface area contributed by atoms with Crippen LogP contribution in [0.2, 0.25) is 0 Å². The summed E-state index contributed by atoms with van der Waals surface area (Å²) in [4.78, 5) is 32.7. The van der Waals surface area contributed by atoms with E-state index in [4.69, 9.17) is 0 Å². The van der Waals surface area contributed by atoms with Crippen LogP contribution in [0.1, 0.15) is 43.5 Å². The number of pyridine rings is 1. The van der Waals surface area contributed by atoms with Crippen molar-refractivity contribution in [2.75, 3.05) is 19.6 Å². The fourth-order valence-electron chi connectivity index (χ4n) is 4.60. The molecule has 1 atom stereocenters. The van der Waals surface area contributed by atoms with Gasteiger partial charge in [-0.3, -0.25) is 19.5 Å². The van der Waals surface area contributed by atoms with Gasteiger partial charge in [0, 0.05) is 37.8 Å². The Kier molecular flexibility index (Phi) is 4.47. The summed E-state index contributed by atoms with van der Waals surface area (Å²) < 4.78 is 0. The molecule has 140 valence electrons. The zero-order valence-electron chi connectivity index (χ0n) is 15.4. The molecule has 2 saturated heterocycles. The summed E-state index contributed by atoms with van der Waals surface area (Å²) in [5.41, 5.74) is 1.90. The van der Waals surface area contributed by atoms with Crippen LogP contribution < -0.4 is 0 Å². The molecule has 0 aromatic carbocycles. The molecule has 1 amide bonds. The molecule has 1 aromatic rings. The Morgan fingerprint density at radius 3 is 2.62 bits per heavy atom. The molecular formula is C20H27N3O3. The first-order chi connectivity index (χ1) is 12.5. The molecule has 3 heterocycles. The quantitative estimate of drug-likeness (QED) is 0.893. The van der Waals surface area contributed by atoms with E-state index < -0.39 is 12.0 Å². The third-order valence-corrected chi connectivity index (χ3v) is 6.26. The van der Waals surface area contributed by atoms with Crippen molar-refractivity contribution < 1.29 is 14.7 Å². The van der Waals surface area contributed by atoms with E-state index in [2.05, 4.69) is 9.88 Å². The van der Waals surface area contributed by atoms with Gasteiger partial charge in [0.15, 0.2) is 0 Å². The summed E-state index contributed by atoms with van der Waals surface area (Å²) in [7, 11) is 0. The van der Waals surface area contributed by atoms with Crippen LogP contribution in [-0.2, 0) is 16.1 Å². The predicted molar refractivity (Wildman–Crippen MR) is 96.4 cm³/mol. The van der Waals surface area contributed by atoms with Gasteiger partial charge in [-0.1, -0.05) is 6.07 Å². The maximum atomic E-state index is 12.3. The number of hydrogen-bond acceptors (Lipinski definition) is 4. The van der Waals surface area contributed by atoms with Crippen molar-refractivity contribution in [3.05, 3.63) is 29.6 Å². The zero-order valence-corrected chi connectivity index (χ0v) is 15.4. The Morgan fingerprint density at radius 1 is 1.27 bits per heavy atom. The molecule has 1 saturated carbocycles. The Morgan fingerprint density at radius 2 is 2.00 bits per heavy atom. The van der Waals surface area contributed by atoms with E-state index in [1.165, 1.54) is 0 Å². The highest BCUT2D eigenvalue weighted by atomic mass is 16.4. The first kappa shape index (κ1) is 17.5. The molecule has 0 radical (unpaired) electrons. The van der Waals surface area contributed by atoms with Gasteiger partial charge in [0.2, 0.25) is 5.91 Å². The van der Waals surface area contributed by atoms with Crippen molar-refractivity contribution in [2.24, 2.45) is 11.3 Å². The van der Waals surface area contributed by atoms with Crippen molar-refractivity contribution in [2.45, 2.75) is 51.6 Å². The molecule has 6 heteroatoms. The van der Waals surface area contributed by atoms with Crippen molar-refractivity contribution in [3.63, 3.8) is 0 Å². The summed E-state index contributed by atoms with van der Waals surface area (Å²) in [6.07, 6.45) is 4.58. The SMILES string of the molecule is Cc1cccc(CN2CC3(CCN(C(=O)C4CC4)CC3)CC2C(=O)O)n1. The molecule has 1 unspecified atom stereocenters. The van der Waals surface area contributed by atoms with Gasteiger partial charge in [-0.15, -0.1) is 0 Å². The van der Waals surface area contributed by atoms with Crippen LogP contribution in [0.5, 0.6) is 0 Å². The number of aryl methyl sites for hydroxylation is 1. The van der Waals surface area contributed by atoms with Crippen LogP contribution in [0.25, 0.3) is 0 Å². The fraction of sp³-hybridized carbons (Fsp3) is 0.650. The first-order valence-corrected chi connectivity index (χ1v) is 9.64. The van der Waals surface area contributed by atoms with Crippen LogP contribution in [0.4, 0.5) is 0 Å². The van der Waals surface area contributed by atoms with Crippen LogP contribution in [0.15, 0.2) is 18.2 Å². The minimum absolute atomic E-state index is 0.0210. The molecule has 4 rings (SSSR count). The van der Waals surface area contributed by atoms with E-state index >= 15 is 0 Å². The standard InChI is InChI=1S/C20H27N3O3/c1-14-3-2-4-16(21-14)12-23-13-20(11-17(23)19(25)26)7-9-22(10-8-20)18(24)15-5-6-15/h2-4,15,17H,5-13H2,1H3,(H,25,26). The average molecular weight is 357 g/mol. The number of rotatable bonds is 4. The van der Waals surface area contributed by atoms with Gasteiger partial charge < -0.3 is 10.0 Å². The third-order valence-electron chi connectivity index (χ3n) is 6.26. The number of piperidine rings is 1. The molecule has 0 bridgehead atoms. The summed E-state index contributed by atoms with van der Waals surface area (Å²) in [6, 6.07) is 5.44. The second kappa shape index (κ2) is 6.65. The Balaban J connectivity index is 1.44. The molecule has 6 nitrogen and oxygen atoms in total. The van der Waals surface area contributed by atoms with E-state index in [1.807, 2.05) is 30.0 Å². The molecule has 26 heavy (non-hydrogen) atoms. The molecule has 3 aliphatic rings. The molecule has 3 fully saturated rings. The second-order valence-electron chi connectivity index (χ2n) is 8.33. The largest absolute Gasteiger partial charge is 0.480 e. The van der Waals surface area contributed by atoms with Gasteiger partial charge >= 0.3 is 5.97 Å². The smallest absolute Gasteiger partial charge is 0.320 e. The number of carbonyl (C=O) groups is 2. The topological polar surface area (TPSA) is 73.7 Å². The number of carboxylic acid groups (broad SMARTS) is 1. The fourth-order valence-corrected chi connectivity index (χ4v) is 4.60. The number of carbonyl (C=O) groups excluding carboxylic acids is 1. The monoisotopic (exact) mass is 357 g/mol. The van der Waals surface area contributed by atoms with Gasteiger partial charge in [0.25, 0.3) is 0 Å². The Bertz CT molecular complexity index is 708. The van der Waals surface area contributed by atoms with Gasteiger partial charge in [0.1, 0.15) is 6.04 Å². The first-order valence-electron chi connectivity index (χ1n) is 9.64. The second-order valence-corrected chi connectivity index (χ2v) is 8.33. The van der Waals surface area contributed by atoms with Crippen molar-refractivity contribution in [1.82, 2.24) is 14.8 Å². The Hall–Kier alpha value is -1.95. The average Bonchev–Trinajstić information content (AvgIpc) is 3.39. The lowest BCUT2D eigenvalue weighted by Gasteiger charge is -2.39. The van der Waals surface area contributed by atoms with Crippen LogP contribution in [0, 0.1) is 18.3 Å². The maximum absolute atomic E-state index is 12.3. The minimum atomic E-state index is -0.744. The number of amides is 1. The van der Waals surface area contributed by atoms with Crippen LogP contribution >= 0.6 is 0 Å². The highest BCUT2D eigenvalue weighted by molar-refractivity contribution is 5.81. The van der Waals surface area contributed by atoms with Crippen molar-refractivity contribution in [3.8, 4) is 0 Å². The number of aromatic nitrogens is 1. The zero-order chi connectivity index (χ0) is 18.3. The molecular weight excluding hydrogens is 330 g/mol. The number of aliphatic carboxylic acids is 1. The molecule has 1 aromatic heterocycles. The number of carboxylic acids is 1. The summed E-state index contributed by atoms with van der Waals surface area (Å²) in [5.74, 6) is -0.164. The molecule has 1 spiro atoms. The Labute approximate surface area is 154 Å². The molecule has 2 aliphatic heterocycles. The lowest BCUT2D eigenvalue weighted by atomic mass is 9.76. The lowest BCUT2D eigenvalue weighted by Crippen LogP contribution is -2.44.